The van der Waals surface area contributed by atoms with E-state index in [4.69, 9.17) is 14.2 Å². The van der Waals surface area contributed by atoms with Crippen molar-refractivity contribution in [1.82, 2.24) is 4.90 Å². The Kier molecular flexibility index (Phi) is 6.73. The molecule has 1 heterocycles. The molecule has 0 saturated carbocycles. The first-order valence-corrected chi connectivity index (χ1v) is 10.1. The van der Waals surface area contributed by atoms with Crippen molar-refractivity contribution in [3.05, 3.63) is 52.1 Å². The van der Waals surface area contributed by atoms with Gasteiger partial charge in [-0.2, -0.15) is 0 Å². The Morgan fingerprint density at radius 2 is 1.64 bits per heavy atom. The number of rotatable bonds is 6. The van der Waals surface area contributed by atoms with Gasteiger partial charge in [0.2, 0.25) is 0 Å². The van der Waals surface area contributed by atoms with Crippen molar-refractivity contribution in [2.24, 2.45) is 0 Å². The fourth-order valence-corrected chi connectivity index (χ4v) is 3.91. The summed E-state index contributed by atoms with van der Waals surface area (Å²) >= 11 is 3.52. The van der Waals surface area contributed by atoms with E-state index in [-0.39, 0.29) is 0 Å². The summed E-state index contributed by atoms with van der Waals surface area (Å²) in [7, 11) is 5.03. The monoisotopic (exact) mass is 446 g/mol. The van der Waals surface area contributed by atoms with Gasteiger partial charge in [-0.25, -0.2) is 0 Å². The summed E-state index contributed by atoms with van der Waals surface area (Å²) in [5.74, 6) is 2.38. The Morgan fingerprint density at radius 1 is 0.929 bits per heavy atom. The van der Waals surface area contributed by atoms with E-state index >= 15 is 0 Å². The van der Waals surface area contributed by atoms with Crippen LogP contribution in [0.3, 0.4) is 0 Å². The number of hydrogen-bond acceptors (Lipinski definition) is 5. The van der Waals surface area contributed by atoms with Gasteiger partial charge in [-0.3, -0.25) is 0 Å². The maximum atomic E-state index is 5.55. The van der Waals surface area contributed by atoms with Crippen LogP contribution in [0.5, 0.6) is 17.2 Å². The number of para-hydroxylation sites is 1. The van der Waals surface area contributed by atoms with Crippen molar-refractivity contribution in [2.75, 3.05) is 52.4 Å². The van der Waals surface area contributed by atoms with E-state index in [2.05, 4.69) is 56.9 Å². The lowest BCUT2D eigenvalue weighted by Crippen LogP contribution is -2.45. The number of halogens is 1. The molecular formula is C22H27BrN2O3. The maximum Gasteiger partial charge on any atom is 0.167 e. The van der Waals surface area contributed by atoms with Gasteiger partial charge in [-0.05, 0) is 47.1 Å². The highest BCUT2D eigenvalue weighted by Gasteiger charge is 2.19. The molecule has 2 aromatic rings. The van der Waals surface area contributed by atoms with Crippen LogP contribution < -0.4 is 19.1 Å². The number of allylic oxidation sites excluding steroid dienone is 1. The lowest BCUT2D eigenvalue weighted by atomic mass is 10.1. The zero-order valence-corrected chi connectivity index (χ0v) is 18.5. The van der Waals surface area contributed by atoms with Crippen LogP contribution in [0.4, 0.5) is 5.69 Å². The van der Waals surface area contributed by atoms with Gasteiger partial charge >= 0.3 is 0 Å². The summed E-state index contributed by atoms with van der Waals surface area (Å²) in [6.07, 6.45) is 2.17. The zero-order chi connectivity index (χ0) is 20.1. The minimum Gasteiger partial charge on any atom is -0.495 e. The largest absolute Gasteiger partial charge is 0.495 e. The molecule has 0 atom stereocenters. The van der Waals surface area contributed by atoms with E-state index < -0.39 is 0 Å². The predicted octanol–water partition coefficient (Wildman–Crippen LogP) is 4.66. The second kappa shape index (κ2) is 9.24. The van der Waals surface area contributed by atoms with Gasteiger partial charge in [0.1, 0.15) is 5.75 Å². The average molecular weight is 447 g/mol. The summed E-state index contributed by atoms with van der Waals surface area (Å²) in [4.78, 5) is 4.80. The van der Waals surface area contributed by atoms with E-state index in [9.17, 15) is 0 Å². The summed E-state index contributed by atoms with van der Waals surface area (Å²) < 4.78 is 17.4. The van der Waals surface area contributed by atoms with Crippen LogP contribution in [0.1, 0.15) is 12.5 Å². The van der Waals surface area contributed by atoms with Gasteiger partial charge in [0, 0.05) is 49.2 Å². The maximum absolute atomic E-state index is 5.55. The Balaban J connectivity index is 1.70. The second-order valence-electron chi connectivity index (χ2n) is 6.66. The van der Waals surface area contributed by atoms with Crippen LogP contribution in [0, 0.1) is 0 Å². The Morgan fingerprint density at radius 3 is 2.29 bits per heavy atom. The van der Waals surface area contributed by atoms with Crippen molar-refractivity contribution in [3.8, 4) is 17.2 Å². The molecular weight excluding hydrogens is 420 g/mol. The molecule has 0 amide bonds. The first-order chi connectivity index (χ1) is 13.6. The molecule has 1 saturated heterocycles. The highest BCUT2D eigenvalue weighted by atomic mass is 79.9. The van der Waals surface area contributed by atoms with E-state index in [0.717, 1.165) is 53.5 Å². The molecule has 0 aliphatic carbocycles. The molecule has 0 unspecified atom stereocenters. The van der Waals surface area contributed by atoms with Gasteiger partial charge < -0.3 is 24.0 Å². The summed E-state index contributed by atoms with van der Waals surface area (Å²) in [6, 6.07) is 12.2. The Labute approximate surface area is 175 Å². The van der Waals surface area contributed by atoms with Crippen molar-refractivity contribution in [3.63, 3.8) is 0 Å². The SMILES string of the molecule is COc1cc(N2CCN(C(C)=Cc3cccc(OC)c3OC)CC2)ccc1Br. The third-order valence-electron chi connectivity index (χ3n) is 5.08. The number of benzene rings is 2. The van der Waals surface area contributed by atoms with Gasteiger partial charge in [-0.15, -0.1) is 0 Å². The molecule has 3 rings (SSSR count). The standard InChI is InChI=1S/C22H27BrN2O3/c1-16(14-17-6-5-7-20(26-2)22(17)28-4)24-10-12-25(13-11-24)18-8-9-19(23)21(15-18)27-3/h5-9,14-15H,10-13H2,1-4H3. The van der Waals surface area contributed by atoms with E-state index in [1.54, 1.807) is 21.3 Å². The fraction of sp³-hybridized carbons (Fsp3) is 0.364. The number of piperazine rings is 1. The molecule has 28 heavy (non-hydrogen) atoms. The smallest absolute Gasteiger partial charge is 0.167 e. The molecule has 2 aromatic carbocycles. The molecule has 0 N–H and O–H groups in total. The molecule has 0 spiro atoms. The van der Waals surface area contributed by atoms with Crippen molar-refractivity contribution in [1.29, 1.82) is 0 Å². The average Bonchev–Trinajstić information content (AvgIpc) is 2.74. The predicted molar refractivity (Wildman–Crippen MR) is 118 cm³/mol. The summed E-state index contributed by atoms with van der Waals surface area (Å²) in [5, 5.41) is 0. The fourth-order valence-electron chi connectivity index (χ4n) is 3.50. The molecule has 5 nitrogen and oxygen atoms in total. The minimum atomic E-state index is 0.748. The zero-order valence-electron chi connectivity index (χ0n) is 16.9. The highest BCUT2D eigenvalue weighted by molar-refractivity contribution is 9.10. The molecule has 0 radical (unpaired) electrons. The number of hydrogen-bond donors (Lipinski definition) is 0. The van der Waals surface area contributed by atoms with Crippen molar-refractivity contribution >= 4 is 27.7 Å². The van der Waals surface area contributed by atoms with Crippen LogP contribution in [0.25, 0.3) is 6.08 Å². The van der Waals surface area contributed by atoms with Gasteiger partial charge in [0.15, 0.2) is 11.5 Å². The van der Waals surface area contributed by atoms with Crippen molar-refractivity contribution in [2.45, 2.75) is 6.92 Å². The molecule has 150 valence electrons. The van der Waals surface area contributed by atoms with Crippen LogP contribution in [-0.4, -0.2) is 52.4 Å². The van der Waals surface area contributed by atoms with Gasteiger partial charge in [0.25, 0.3) is 0 Å². The molecule has 1 aliphatic heterocycles. The molecule has 1 fully saturated rings. The molecule has 0 bridgehead atoms. The highest BCUT2D eigenvalue weighted by Crippen LogP contribution is 2.33. The normalized spacial score (nSPS) is 14.8. The summed E-state index contributed by atoms with van der Waals surface area (Å²) in [6.45, 7) is 6.01. The van der Waals surface area contributed by atoms with Crippen LogP contribution in [0.2, 0.25) is 0 Å². The topological polar surface area (TPSA) is 34.2 Å². The number of nitrogens with zero attached hydrogens (tertiary/aromatic N) is 2. The summed E-state index contributed by atoms with van der Waals surface area (Å²) in [5.41, 5.74) is 3.44. The lowest BCUT2D eigenvalue weighted by Gasteiger charge is -2.38. The van der Waals surface area contributed by atoms with E-state index in [0.29, 0.717) is 0 Å². The number of ether oxygens (including phenoxy) is 3. The van der Waals surface area contributed by atoms with Crippen LogP contribution in [0.15, 0.2) is 46.6 Å². The Bertz CT molecular complexity index is 846. The number of methoxy groups -OCH3 is 3. The van der Waals surface area contributed by atoms with Gasteiger partial charge in [-0.1, -0.05) is 12.1 Å². The first kappa shape index (κ1) is 20.4. The number of anilines is 1. The minimum absolute atomic E-state index is 0.748. The lowest BCUT2D eigenvalue weighted by molar-refractivity contribution is 0.324. The van der Waals surface area contributed by atoms with Crippen LogP contribution in [-0.2, 0) is 0 Å². The van der Waals surface area contributed by atoms with E-state index in [1.165, 1.54) is 11.4 Å². The van der Waals surface area contributed by atoms with Gasteiger partial charge in [0.05, 0.1) is 25.8 Å². The molecule has 6 heteroatoms. The third-order valence-corrected chi connectivity index (χ3v) is 5.73. The van der Waals surface area contributed by atoms with E-state index in [1.807, 2.05) is 18.2 Å². The Hall–Kier alpha value is -2.34. The first-order valence-electron chi connectivity index (χ1n) is 9.30. The van der Waals surface area contributed by atoms with Crippen LogP contribution >= 0.6 is 15.9 Å². The molecule has 1 aliphatic rings. The quantitative estimate of drug-likeness (QED) is 0.644. The second-order valence-corrected chi connectivity index (χ2v) is 7.52. The molecule has 0 aromatic heterocycles. The third kappa shape index (κ3) is 4.38. The van der Waals surface area contributed by atoms with Crippen molar-refractivity contribution < 1.29 is 14.2 Å².